The molecule has 0 fully saturated rings. The normalized spacial score (nSPS) is 10.6. The van der Waals surface area contributed by atoms with E-state index in [4.69, 9.17) is 0 Å². The van der Waals surface area contributed by atoms with Crippen molar-refractivity contribution in [3.05, 3.63) is 72.1 Å². The zero-order valence-electron chi connectivity index (χ0n) is 9.71. The number of nitrogens with zero attached hydrogens (tertiary/aromatic N) is 1. The van der Waals surface area contributed by atoms with Crippen molar-refractivity contribution in [2.75, 3.05) is 0 Å². The molecule has 2 rings (SSSR count). The highest BCUT2D eigenvalue weighted by molar-refractivity contribution is 6.05. The summed E-state index contributed by atoms with van der Waals surface area (Å²) < 4.78 is 1.87. The van der Waals surface area contributed by atoms with Crippen molar-refractivity contribution in [1.29, 1.82) is 0 Å². The molecule has 0 radical (unpaired) electrons. The lowest BCUT2D eigenvalue weighted by Gasteiger charge is -1.93. The van der Waals surface area contributed by atoms with Gasteiger partial charge in [0.1, 0.15) is 0 Å². The van der Waals surface area contributed by atoms with Crippen molar-refractivity contribution < 1.29 is 9.36 Å². The van der Waals surface area contributed by atoms with Gasteiger partial charge in [0.2, 0.25) is 0 Å². The Bertz CT molecular complexity index is 544. The van der Waals surface area contributed by atoms with Gasteiger partial charge in [0, 0.05) is 17.2 Å². The van der Waals surface area contributed by atoms with Gasteiger partial charge in [-0.05, 0) is 13.0 Å². The molecule has 2 heteroatoms. The third-order valence-corrected chi connectivity index (χ3v) is 2.43. The Morgan fingerprint density at radius 1 is 1.12 bits per heavy atom. The lowest BCUT2D eigenvalue weighted by atomic mass is 10.1. The van der Waals surface area contributed by atoms with Crippen LogP contribution in [0.2, 0.25) is 0 Å². The first-order valence-corrected chi connectivity index (χ1v) is 5.51. The van der Waals surface area contributed by atoms with Gasteiger partial charge in [-0.15, -0.1) is 0 Å². The van der Waals surface area contributed by atoms with E-state index in [9.17, 15) is 4.79 Å². The molecule has 2 aromatic rings. The van der Waals surface area contributed by atoms with Crippen molar-refractivity contribution in [2.24, 2.45) is 0 Å². The average molecular weight is 224 g/mol. The molecule has 0 aliphatic carbocycles. The van der Waals surface area contributed by atoms with Crippen molar-refractivity contribution in [3.8, 4) is 0 Å². The fraction of sp³-hybridized carbons (Fsp3) is 0.0667. The van der Waals surface area contributed by atoms with E-state index < -0.39 is 0 Å². The number of ketones is 1. The van der Waals surface area contributed by atoms with Crippen LogP contribution in [0.5, 0.6) is 0 Å². The molecule has 0 N–H and O–H groups in total. The third-order valence-electron chi connectivity index (χ3n) is 2.43. The smallest absolute Gasteiger partial charge is 0.191 e. The summed E-state index contributed by atoms with van der Waals surface area (Å²) in [7, 11) is 0. The van der Waals surface area contributed by atoms with Gasteiger partial charge in [0.25, 0.3) is 0 Å². The molecule has 0 bridgehead atoms. The largest absolute Gasteiger partial charge is 0.289 e. The van der Waals surface area contributed by atoms with E-state index in [1.807, 2.05) is 66.3 Å². The molecule has 0 saturated carbocycles. The van der Waals surface area contributed by atoms with Gasteiger partial charge in [0.05, 0.1) is 6.08 Å². The molecule has 2 nitrogen and oxygen atoms in total. The minimum atomic E-state index is 0.0135. The molecular formula is C15H14NO+. The van der Waals surface area contributed by atoms with Crippen molar-refractivity contribution in [3.63, 3.8) is 0 Å². The van der Waals surface area contributed by atoms with Gasteiger partial charge in [-0.3, -0.25) is 4.79 Å². The predicted molar refractivity (Wildman–Crippen MR) is 67.5 cm³/mol. The average Bonchev–Trinajstić information content (AvgIpc) is 2.37. The fourth-order valence-electron chi connectivity index (χ4n) is 1.56. The Kier molecular flexibility index (Phi) is 3.46. The molecule has 1 aromatic carbocycles. The van der Waals surface area contributed by atoms with E-state index in [1.54, 1.807) is 12.3 Å². The van der Waals surface area contributed by atoms with Crippen LogP contribution in [0.25, 0.3) is 6.20 Å². The second-order valence-electron chi connectivity index (χ2n) is 3.87. The number of rotatable bonds is 3. The van der Waals surface area contributed by atoms with Crippen molar-refractivity contribution >= 4 is 12.0 Å². The number of aromatic nitrogens is 1. The Labute approximate surface area is 101 Å². The molecule has 0 aliphatic heterocycles. The summed E-state index contributed by atoms with van der Waals surface area (Å²) in [4.78, 5) is 11.8. The van der Waals surface area contributed by atoms with Crippen LogP contribution in [0.4, 0.5) is 0 Å². The fourth-order valence-corrected chi connectivity index (χ4v) is 1.56. The van der Waals surface area contributed by atoms with Crippen molar-refractivity contribution in [1.82, 2.24) is 0 Å². The van der Waals surface area contributed by atoms with Gasteiger partial charge in [-0.25, -0.2) is 0 Å². The molecule has 1 aromatic heterocycles. The van der Waals surface area contributed by atoms with E-state index in [-0.39, 0.29) is 5.78 Å². The van der Waals surface area contributed by atoms with Crippen LogP contribution in [0.1, 0.15) is 15.9 Å². The van der Waals surface area contributed by atoms with Crippen LogP contribution < -0.4 is 4.57 Å². The summed E-state index contributed by atoms with van der Waals surface area (Å²) in [6.45, 7) is 2.02. The highest BCUT2D eigenvalue weighted by Crippen LogP contribution is 2.00. The first-order chi connectivity index (χ1) is 8.25. The number of pyridine rings is 1. The van der Waals surface area contributed by atoms with Gasteiger partial charge in [0.15, 0.2) is 24.4 Å². The van der Waals surface area contributed by atoms with Gasteiger partial charge < -0.3 is 0 Å². The van der Waals surface area contributed by atoms with Crippen LogP contribution in [0.15, 0.2) is 60.9 Å². The van der Waals surface area contributed by atoms with E-state index in [0.29, 0.717) is 5.56 Å². The van der Waals surface area contributed by atoms with Crippen LogP contribution in [-0.2, 0) is 0 Å². The maximum atomic E-state index is 11.8. The molecule has 0 aliphatic rings. The van der Waals surface area contributed by atoms with Crippen LogP contribution in [-0.4, -0.2) is 5.78 Å². The number of carbonyl (C=O) groups excluding carboxylic acids is 1. The molecule has 0 saturated heterocycles. The van der Waals surface area contributed by atoms with E-state index in [2.05, 4.69) is 0 Å². The second-order valence-corrected chi connectivity index (χ2v) is 3.87. The van der Waals surface area contributed by atoms with Crippen molar-refractivity contribution in [2.45, 2.75) is 6.92 Å². The topological polar surface area (TPSA) is 20.9 Å². The summed E-state index contributed by atoms with van der Waals surface area (Å²) >= 11 is 0. The first-order valence-electron chi connectivity index (χ1n) is 5.51. The number of aryl methyl sites for hydroxylation is 1. The highest BCUT2D eigenvalue weighted by atomic mass is 16.1. The third kappa shape index (κ3) is 3.11. The maximum absolute atomic E-state index is 11.8. The summed E-state index contributed by atoms with van der Waals surface area (Å²) in [5, 5.41) is 0. The Hall–Kier alpha value is -2.22. The summed E-state index contributed by atoms with van der Waals surface area (Å²) in [5.74, 6) is 0.0135. The Morgan fingerprint density at radius 3 is 2.59 bits per heavy atom. The van der Waals surface area contributed by atoms with Gasteiger partial charge >= 0.3 is 0 Å². The lowest BCUT2D eigenvalue weighted by molar-refractivity contribution is -0.568. The minimum absolute atomic E-state index is 0.0135. The quantitative estimate of drug-likeness (QED) is 0.446. The number of hydrogen-bond acceptors (Lipinski definition) is 1. The zero-order chi connectivity index (χ0) is 12.1. The van der Waals surface area contributed by atoms with Crippen LogP contribution in [0, 0.1) is 6.92 Å². The second kappa shape index (κ2) is 5.21. The summed E-state index contributed by atoms with van der Waals surface area (Å²) in [6.07, 6.45) is 7.22. The zero-order valence-corrected chi connectivity index (χ0v) is 9.71. The Morgan fingerprint density at radius 2 is 1.88 bits per heavy atom. The van der Waals surface area contributed by atoms with E-state index in [0.717, 1.165) is 5.56 Å². The molecule has 0 spiro atoms. The molecular weight excluding hydrogens is 210 g/mol. The Balaban J connectivity index is 2.14. The minimum Gasteiger partial charge on any atom is -0.289 e. The lowest BCUT2D eigenvalue weighted by Crippen LogP contribution is -2.25. The maximum Gasteiger partial charge on any atom is 0.191 e. The predicted octanol–water partition coefficient (Wildman–Crippen LogP) is 2.64. The van der Waals surface area contributed by atoms with Gasteiger partial charge in [-0.2, -0.15) is 4.57 Å². The first kappa shape index (κ1) is 11.3. The molecule has 1 heterocycles. The molecule has 84 valence electrons. The number of benzene rings is 1. The van der Waals surface area contributed by atoms with E-state index >= 15 is 0 Å². The van der Waals surface area contributed by atoms with Crippen LogP contribution >= 0.6 is 0 Å². The standard InChI is InChI=1S/C15H14NO/c1-13-6-5-10-16(12-13)11-9-15(17)14-7-3-2-4-8-14/h2-12H,1H3/q+1. The monoisotopic (exact) mass is 224 g/mol. The number of hydrogen-bond donors (Lipinski definition) is 0. The van der Waals surface area contributed by atoms with Crippen LogP contribution in [0.3, 0.4) is 0 Å². The summed E-state index contributed by atoms with van der Waals surface area (Å²) in [5.41, 5.74) is 1.86. The highest BCUT2D eigenvalue weighted by Gasteiger charge is 2.01. The molecule has 0 atom stereocenters. The SMILES string of the molecule is Cc1ccc[n+](C=CC(=O)c2ccccc2)c1. The summed E-state index contributed by atoms with van der Waals surface area (Å²) in [6, 6.07) is 13.2. The molecule has 0 amide bonds. The van der Waals surface area contributed by atoms with Gasteiger partial charge in [-0.1, -0.05) is 30.3 Å². The molecule has 17 heavy (non-hydrogen) atoms. The van der Waals surface area contributed by atoms with E-state index in [1.165, 1.54) is 0 Å². The molecule has 0 unspecified atom stereocenters. The number of carbonyl (C=O) groups is 1. The number of allylic oxidation sites excluding steroid dienone is 1.